The number of halogens is 2. The van der Waals surface area contributed by atoms with Crippen molar-refractivity contribution in [1.82, 2.24) is 14.5 Å². The molecule has 28 heavy (non-hydrogen) atoms. The second-order valence-corrected chi connectivity index (χ2v) is 8.44. The lowest BCUT2D eigenvalue weighted by Crippen LogP contribution is -2.34. The highest BCUT2D eigenvalue weighted by Gasteiger charge is 2.18. The summed E-state index contributed by atoms with van der Waals surface area (Å²) in [6, 6.07) is 5.10. The molecule has 0 saturated heterocycles. The molecule has 0 amide bonds. The Hall–Kier alpha value is -2.44. The van der Waals surface area contributed by atoms with E-state index in [4.69, 9.17) is 17.3 Å². The van der Waals surface area contributed by atoms with Crippen molar-refractivity contribution in [3.8, 4) is 11.3 Å². The molecule has 3 aromatic rings. The van der Waals surface area contributed by atoms with Gasteiger partial charge in [0.1, 0.15) is 5.65 Å². The minimum Gasteiger partial charge on any atom is -0.339 e. The number of nitrogens with zero attached hydrogens (tertiary/aromatic N) is 2. The molecule has 7 heteroatoms. The van der Waals surface area contributed by atoms with Crippen LogP contribution in [0.1, 0.15) is 39.7 Å². The Labute approximate surface area is 168 Å². The van der Waals surface area contributed by atoms with Crippen LogP contribution in [0.4, 0.5) is 4.39 Å². The Morgan fingerprint density at radius 3 is 2.71 bits per heavy atom. The molecule has 1 aromatic carbocycles. The van der Waals surface area contributed by atoms with E-state index in [9.17, 15) is 9.18 Å². The molecular formula is C21H24ClFN4O. The van der Waals surface area contributed by atoms with Crippen molar-refractivity contribution in [3.63, 3.8) is 0 Å². The number of nitrogens with one attached hydrogen (secondary N) is 1. The predicted molar refractivity (Wildman–Crippen MR) is 113 cm³/mol. The minimum atomic E-state index is -0.524. The molecule has 3 N–H and O–H groups in total. The van der Waals surface area contributed by atoms with Crippen LogP contribution >= 0.6 is 11.6 Å². The highest BCUT2D eigenvalue weighted by Crippen LogP contribution is 2.31. The molecule has 0 saturated carbocycles. The molecule has 148 valence electrons. The molecule has 3 rings (SSSR count). The Bertz CT molecular complexity index is 1110. The van der Waals surface area contributed by atoms with Gasteiger partial charge in [-0.1, -0.05) is 23.8 Å². The average molecular weight is 403 g/mol. The van der Waals surface area contributed by atoms with Gasteiger partial charge in [-0.3, -0.25) is 4.57 Å². The zero-order valence-electron chi connectivity index (χ0n) is 16.4. The lowest BCUT2D eigenvalue weighted by molar-refractivity contribution is 0.380. The van der Waals surface area contributed by atoms with E-state index in [1.165, 1.54) is 0 Å². The standard InChI is InChI=1S/C21H24ClFN4O/c1-12(24)6-5-7-13-8-15(18(23)16(22)9-13)17-10-14-11-27(21(2,3)4)20(28)26-19(14)25-17/h5,7-12H,6,24H2,1-4H3,(H,25,26,28)/b7-5+/t12-/m0/s1. The van der Waals surface area contributed by atoms with Crippen LogP contribution < -0.4 is 11.4 Å². The first-order valence-electron chi connectivity index (χ1n) is 9.10. The Balaban J connectivity index is 2.10. The van der Waals surface area contributed by atoms with Gasteiger partial charge in [0.05, 0.1) is 10.7 Å². The average Bonchev–Trinajstić information content (AvgIpc) is 2.98. The third-order valence-electron chi connectivity index (χ3n) is 4.39. The number of nitrogens with two attached hydrogens (primary N) is 1. The van der Waals surface area contributed by atoms with Gasteiger partial charge in [-0.15, -0.1) is 0 Å². The molecule has 0 aliphatic heterocycles. The van der Waals surface area contributed by atoms with Gasteiger partial charge in [-0.25, -0.2) is 9.18 Å². The molecule has 0 fully saturated rings. The van der Waals surface area contributed by atoms with Gasteiger partial charge in [-0.2, -0.15) is 4.98 Å². The van der Waals surface area contributed by atoms with Crippen molar-refractivity contribution < 1.29 is 4.39 Å². The Morgan fingerprint density at radius 1 is 1.36 bits per heavy atom. The van der Waals surface area contributed by atoms with Gasteiger partial charge < -0.3 is 10.7 Å². The van der Waals surface area contributed by atoms with Gasteiger partial charge in [0, 0.05) is 28.7 Å². The Kier molecular flexibility index (Phi) is 5.46. The molecule has 1 atom stereocenters. The van der Waals surface area contributed by atoms with E-state index in [1.54, 1.807) is 29.0 Å². The van der Waals surface area contributed by atoms with Crippen LogP contribution in [-0.2, 0) is 5.54 Å². The van der Waals surface area contributed by atoms with Crippen LogP contribution in [0.5, 0.6) is 0 Å². The van der Waals surface area contributed by atoms with Gasteiger partial charge in [0.25, 0.3) is 0 Å². The molecule has 2 aromatic heterocycles. The van der Waals surface area contributed by atoms with Gasteiger partial charge in [0.2, 0.25) is 0 Å². The summed E-state index contributed by atoms with van der Waals surface area (Å²) in [6.45, 7) is 7.69. The van der Waals surface area contributed by atoms with Crippen molar-refractivity contribution >= 4 is 28.7 Å². The van der Waals surface area contributed by atoms with E-state index >= 15 is 0 Å². The van der Waals surface area contributed by atoms with Gasteiger partial charge in [-0.05, 0) is 57.9 Å². The molecule has 0 unspecified atom stereocenters. The summed E-state index contributed by atoms with van der Waals surface area (Å²) < 4.78 is 16.3. The van der Waals surface area contributed by atoms with E-state index in [2.05, 4.69) is 9.97 Å². The molecular weight excluding hydrogens is 379 g/mol. The highest BCUT2D eigenvalue weighted by atomic mass is 35.5. The summed E-state index contributed by atoms with van der Waals surface area (Å²) in [4.78, 5) is 19.4. The molecule has 2 heterocycles. The van der Waals surface area contributed by atoms with Crippen LogP contribution in [0.2, 0.25) is 5.02 Å². The summed E-state index contributed by atoms with van der Waals surface area (Å²) in [7, 11) is 0. The topological polar surface area (TPSA) is 76.7 Å². The molecule has 0 radical (unpaired) electrons. The number of rotatable bonds is 4. The second kappa shape index (κ2) is 7.53. The fraction of sp³-hybridized carbons (Fsp3) is 0.333. The summed E-state index contributed by atoms with van der Waals surface area (Å²) >= 11 is 6.10. The van der Waals surface area contributed by atoms with Crippen molar-refractivity contribution in [2.45, 2.75) is 45.7 Å². The third kappa shape index (κ3) is 4.18. The summed E-state index contributed by atoms with van der Waals surface area (Å²) in [6.07, 6.45) is 6.24. The SMILES string of the molecule is C[C@H](N)C/C=C/c1cc(Cl)c(F)c(-c2cc3cn(C(C)(C)C)c(=O)nc3[nH]2)c1. The van der Waals surface area contributed by atoms with E-state index in [1.807, 2.05) is 39.8 Å². The maximum absolute atomic E-state index is 14.7. The lowest BCUT2D eigenvalue weighted by atomic mass is 10.1. The van der Waals surface area contributed by atoms with E-state index < -0.39 is 11.4 Å². The lowest BCUT2D eigenvalue weighted by Gasteiger charge is -2.21. The van der Waals surface area contributed by atoms with E-state index in [-0.39, 0.29) is 16.8 Å². The second-order valence-electron chi connectivity index (χ2n) is 8.03. The number of H-pyrrole nitrogens is 1. The first-order chi connectivity index (χ1) is 13.1. The van der Waals surface area contributed by atoms with Crippen molar-refractivity contribution in [3.05, 3.63) is 57.4 Å². The summed E-state index contributed by atoms with van der Waals surface area (Å²) in [5.41, 5.74) is 6.99. The van der Waals surface area contributed by atoms with Crippen LogP contribution in [0.3, 0.4) is 0 Å². The number of fused-ring (bicyclic) bond motifs is 1. The van der Waals surface area contributed by atoms with Crippen molar-refractivity contribution in [1.29, 1.82) is 0 Å². The fourth-order valence-electron chi connectivity index (χ4n) is 2.94. The fourth-order valence-corrected chi connectivity index (χ4v) is 3.17. The predicted octanol–water partition coefficient (Wildman–Crippen LogP) is 4.69. The first-order valence-corrected chi connectivity index (χ1v) is 9.48. The zero-order chi connectivity index (χ0) is 20.6. The van der Waals surface area contributed by atoms with Crippen molar-refractivity contribution in [2.75, 3.05) is 0 Å². The number of hydrogen-bond acceptors (Lipinski definition) is 3. The van der Waals surface area contributed by atoms with E-state index in [0.717, 1.165) is 10.9 Å². The number of benzene rings is 1. The molecule has 0 aliphatic carbocycles. The van der Waals surface area contributed by atoms with E-state index in [0.29, 0.717) is 23.3 Å². The summed E-state index contributed by atoms with van der Waals surface area (Å²) in [5.74, 6) is -0.524. The van der Waals surface area contributed by atoms with Crippen LogP contribution in [0.15, 0.2) is 35.3 Å². The van der Waals surface area contributed by atoms with Crippen LogP contribution in [-0.4, -0.2) is 20.6 Å². The molecule has 0 aliphatic rings. The zero-order valence-corrected chi connectivity index (χ0v) is 17.1. The van der Waals surface area contributed by atoms with Gasteiger partial charge >= 0.3 is 5.69 Å². The maximum Gasteiger partial charge on any atom is 0.350 e. The normalized spacial score (nSPS) is 13.5. The third-order valence-corrected chi connectivity index (χ3v) is 4.66. The largest absolute Gasteiger partial charge is 0.350 e. The van der Waals surface area contributed by atoms with Crippen LogP contribution in [0, 0.1) is 5.82 Å². The molecule has 5 nitrogen and oxygen atoms in total. The molecule has 0 spiro atoms. The number of hydrogen-bond donors (Lipinski definition) is 2. The summed E-state index contributed by atoms with van der Waals surface area (Å²) in [5, 5.41) is 0.747. The first kappa shape index (κ1) is 20.3. The number of aromatic amines is 1. The monoisotopic (exact) mass is 402 g/mol. The Morgan fingerprint density at radius 2 is 2.07 bits per heavy atom. The van der Waals surface area contributed by atoms with Crippen LogP contribution in [0.25, 0.3) is 28.4 Å². The van der Waals surface area contributed by atoms with Crippen molar-refractivity contribution in [2.24, 2.45) is 5.73 Å². The maximum atomic E-state index is 14.7. The van der Waals surface area contributed by atoms with Gasteiger partial charge in [0.15, 0.2) is 5.82 Å². The smallest absolute Gasteiger partial charge is 0.339 e. The molecule has 0 bridgehead atoms. The number of aromatic nitrogens is 3. The highest BCUT2D eigenvalue weighted by molar-refractivity contribution is 6.31. The quantitative estimate of drug-likeness (QED) is 0.664. The minimum absolute atomic E-state index is 0.0267.